The van der Waals surface area contributed by atoms with Gasteiger partial charge in [-0.2, -0.15) is 0 Å². The van der Waals surface area contributed by atoms with Crippen LogP contribution >= 0.6 is 0 Å². The van der Waals surface area contributed by atoms with Gasteiger partial charge in [-0.3, -0.25) is 0 Å². The molecule has 1 nitrogen and oxygen atoms in total. The number of rotatable bonds is 0. The van der Waals surface area contributed by atoms with Crippen LogP contribution in [0.25, 0.3) is 0 Å². The standard InChI is InChI=1S/C6H13N/c1-5-2-3-6(7)4-5/h5-6H,2-4,7H2,1H3/t5?,6-/m1/s1. The minimum atomic E-state index is 0.523. The zero-order valence-electron chi connectivity index (χ0n) is 4.85. The molecule has 1 heteroatoms. The molecule has 42 valence electrons. The zero-order chi connectivity index (χ0) is 5.28. The molecule has 0 spiro atoms. The van der Waals surface area contributed by atoms with Crippen LogP contribution in [0.1, 0.15) is 26.2 Å². The second-order valence-corrected chi connectivity index (χ2v) is 2.68. The first-order chi connectivity index (χ1) is 3.29. The molecule has 0 aromatic heterocycles. The van der Waals surface area contributed by atoms with Crippen molar-refractivity contribution in [2.24, 2.45) is 11.7 Å². The van der Waals surface area contributed by atoms with Crippen LogP contribution in [0.15, 0.2) is 0 Å². The Hall–Kier alpha value is -0.0400. The van der Waals surface area contributed by atoms with Gasteiger partial charge in [-0.15, -0.1) is 0 Å². The van der Waals surface area contributed by atoms with Crippen LogP contribution in [0.4, 0.5) is 0 Å². The highest BCUT2D eigenvalue weighted by atomic mass is 14.6. The fraction of sp³-hybridized carbons (Fsp3) is 1.00. The van der Waals surface area contributed by atoms with Gasteiger partial charge in [-0.25, -0.2) is 0 Å². The lowest BCUT2D eigenvalue weighted by atomic mass is 10.1. The second kappa shape index (κ2) is 1.83. The summed E-state index contributed by atoms with van der Waals surface area (Å²) in [5, 5.41) is 0. The quantitative estimate of drug-likeness (QED) is 0.484. The van der Waals surface area contributed by atoms with E-state index in [4.69, 9.17) is 5.73 Å². The summed E-state index contributed by atoms with van der Waals surface area (Å²) in [6, 6.07) is 0.523. The lowest BCUT2D eigenvalue weighted by Crippen LogP contribution is -2.14. The van der Waals surface area contributed by atoms with Crippen molar-refractivity contribution in [2.75, 3.05) is 0 Å². The van der Waals surface area contributed by atoms with E-state index in [1.54, 1.807) is 0 Å². The molecule has 0 aromatic carbocycles. The van der Waals surface area contributed by atoms with E-state index in [0.29, 0.717) is 6.04 Å². The van der Waals surface area contributed by atoms with E-state index in [9.17, 15) is 0 Å². The summed E-state index contributed by atoms with van der Waals surface area (Å²) in [4.78, 5) is 0. The minimum absolute atomic E-state index is 0.523. The summed E-state index contributed by atoms with van der Waals surface area (Å²) >= 11 is 0. The molecule has 7 heavy (non-hydrogen) atoms. The van der Waals surface area contributed by atoms with E-state index in [-0.39, 0.29) is 0 Å². The first kappa shape index (κ1) is 5.10. The van der Waals surface area contributed by atoms with Crippen LogP contribution in [0.3, 0.4) is 0 Å². The summed E-state index contributed by atoms with van der Waals surface area (Å²) in [6.45, 7) is 2.27. The zero-order valence-corrected chi connectivity index (χ0v) is 4.85. The van der Waals surface area contributed by atoms with Gasteiger partial charge in [-0.1, -0.05) is 6.92 Å². The maximum absolute atomic E-state index is 5.63. The maximum Gasteiger partial charge on any atom is 0.00414 e. The van der Waals surface area contributed by atoms with E-state index in [2.05, 4.69) is 6.92 Å². The van der Waals surface area contributed by atoms with E-state index < -0.39 is 0 Å². The van der Waals surface area contributed by atoms with Crippen LogP contribution in [0, 0.1) is 5.92 Å². The van der Waals surface area contributed by atoms with Gasteiger partial charge in [0, 0.05) is 6.04 Å². The van der Waals surface area contributed by atoms with E-state index >= 15 is 0 Å². The lowest BCUT2D eigenvalue weighted by molar-refractivity contribution is 0.594. The van der Waals surface area contributed by atoms with Gasteiger partial charge in [0.1, 0.15) is 0 Å². The van der Waals surface area contributed by atoms with Crippen LogP contribution < -0.4 is 5.73 Å². The molecule has 1 saturated carbocycles. The molecule has 0 aromatic rings. The highest BCUT2D eigenvalue weighted by Crippen LogP contribution is 2.22. The summed E-state index contributed by atoms with van der Waals surface area (Å²) in [5.41, 5.74) is 5.63. The molecule has 2 N–H and O–H groups in total. The Balaban J connectivity index is 2.26. The summed E-state index contributed by atoms with van der Waals surface area (Å²) in [6.07, 6.45) is 3.85. The third kappa shape index (κ3) is 1.16. The summed E-state index contributed by atoms with van der Waals surface area (Å²) in [7, 11) is 0. The Labute approximate surface area is 44.9 Å². The third-order valence-corrected chi connectivity index (χ3v) is 1.74. The SMILES string of the molecule is CC1CC[C@@H](N)C1. The first-order valence-electron chi connectivity index (χ1n) is 3.04. The Morgan fingerprint density at radius 2 is 2.14 bits per heavy atom. The molecule has 1 unspecified atom stereocenters. The van der Waals surface area contributed by atoms with Crippen LogP contribution in [0.2, 0.25) is 0 Å². The van der Waals surface area contributed by atoms with E-state index in [1.165, 1.54) is 19.3 Å². The first-order valence-corrected chi connectivity index (χ1v) is 3.04. The number of hydrogen-bond donors (Lipinski definition) is 1. The second-order valence-electron chi connectivity index (χ2n) is 2.68. The van der Waals surface area contributed by atoms with Gasteiger partial charge >= 0.3 is 0 Å². The van der Waals surface area contributed by atoms with Gasteiger partial charge in [0.15, 0.2) is 0 Å². The van der Waals surface area contributed by atoms with Gasteiger partial charge in [0.05, 0.1) is 0 Å². The highest BCUT2D eigenvalue weighted by Gasteiger charge is 2.16. The molecule has 0 heterocycles. The largest absolute Gasteiger partial charge is 0.328 e. The minimum Gasteiger partial charge on any atom is -0.328 e. The van der Waals surface area contributed by atoms with Gasteiger partial charge in [0.2, 0.25) is 0 Å². The van der Waals surface area contributed by atoms with Crippen molar-refractivity contribution in [3.8, 4) is 0 Å². The molecule has 1 aliphatic rings. The maximum atomic E-state index is 5.63. The number of nitrogens with two attached hydrogens (primary N) is 1. The molecule has 1 rings (SSSR count). The lowest BCUT2D eigenvalue weighted by Gasteiger charge is -1.97. The summed E-state index contributed by atoms with van der Waals surface area (Å²) < 4.78 is 0. The molecule has 0 radical (unpaired) electrons. The molecule has 1 fully saturated rings. The summed E-state index contributed by atoms with van der Waals surface area (Å²) in [5.74, 6) is 0.898. The molecule has 1 aliphatic carbocycles. The Morgan fingerprint density at radius 3 is 2.29 bits per heavy atom. The molecule has 2 atom stereocenters. The Morgan fingerprint density at radius 1 is 1.43 bits per heavy atom. The third-order valence-electron chi connectivity index (χ3n) is 1.74. The van der Waals surface area contributed by atoms with E-state index in [1.807, 2.05) is 0 Å². The predicted molar refractivity (Wildman–Crippen MR) is 31.0 cm³/mol. The van der Waals surface area contributed by atoms with Gasteiger partial charge < -0.3 is 5.73 Å². The highest BCUT2D eigenvalue weighted by molar-refractivity contribution is 4.73. The Bertz CT molecular complexity index is 53.2. The van der Waals surface area contributed by atoms with Crippen molar-refractivity contribution >= 4 is 0 Å². The fourth-order valence-corrected chi connectivity index (χ4v) is 1.25. The molecule has 0 aliphatic heterocycles. The smallest absolute Gasteiger partial charge is 0.00414 e. The van der Waals surface area contributed by atoms with Crippen molar-refractivity contribution in [1.82, 2.24) is 0 Å². The van der Waals surface area contributed by atoms with Crippen molar-refractivity contribution in [1.29, 1.82) is 0 Å². The van der Waals surface area contributed by atoms with Crippen molar-refractivity contribution < 1.29 is 0 Å². The van der Waals surface area contributed by atoms with E-state index in [0.717, 1.165) is 5.92 Å². The van der Waals surface area contributed by atoms with Gasteiger partial charge in [-0.05, 0) is 25.2 Å². The van der Waals surface area contributed by atoms with Gasteiger partial charge in [0.25, 0.3) is 0 Å². The molecule has 0 saturated heterocycles. The van der Waals surface area contributed by atoms with Crippen molar-refractivity contribution in [2.45, 2.75) is 32.2 Å². The Kier molecular flexibility index (Phi) is 1.33. The van der Waals surface area contributed by atoms with Crippen molar-refractivity contribution in [3.05, 3.63) is 0 Å². The number of hydrogen-bond acceptors (Lipinski definition) is 1. The molecular weight excluding hydrogens is 86.1 g/mol. The topological polar surface area (TPSA) is 26.0 Å². The fourth-order valence-electron chi connectivity index (χ4n) is 1.25. The predicted octanol–water partition coefficient (Wildman–Crippen LogP) is 1.13. The molecule has 0 bridgehead atoms. The van der Waals surface area contributed by atoms with Crippen LogP contribution in [-0.2, 0) is 0 Å². The molecule has 0 amide bonds. The average molecular weight is 99.2 g/mol. The normalized spacial score (nSPS) is 42.0. The van der Waals surface area contributed by atoms with Crippen molar-refractivity contribution in [3.63, 3.8) is 0 Å². The monoisotopic (exact) mass is 99.1 g/mol. The average Bonchev–Trinajstić information content (AvgIpc) is 1.87. The van der Waals surface area contributed by atoms with Crippen LogP contribution in [0.5, 0.6) is 0 Å². The molecular formula is C6H13N. The van der Waals surface area contributed by atoms with Crippen LogP contribution in [-0.4, -0.2) is 6.04 Å².